The van der Waals surface area contributed by atoms with Gasteiger partial charge in [0.2, 0.25) is 11.8 Å². The molecule has 2 atom stereocenters. The van der Waals surface area contributed by atoms with E-state index in [2.05, 4.69) is 21.5 Å². The highest BCUT2D eigenvalue weighted by Crippen LogP contribution is 2.29. The normalized spacial score (nSPS) is 22.7. The average Bonchev–Trinajstić information content (AvgIpc) is 3.52. The molecule has 0 spiro atoms. The molecular weight excluding hydrogens is 412 g/mol. The zero-order chi connectivity index (χ0) is 22.4. The number of hydrogen-bond donors (Lipinski definition) is 1. The number of piperidine rings is 1. The van der Waals surface area contributed by atoms with Gasteiger partial charge in [-0.25, -0.2) is 4.68 Å². The number of amides is 4. The number of rotatable bonds is 3. The van der Waals surface area contributed by atoms with Crippen LogP contribution in [-0.4, -0.2) is 67.1 Å². The fourth-order valence-corrected chi connectivity index (χ4v) is 4.52. The molecule has 4 heterocycles. The molecule has 0 saturated carbocycles. The third-order valence-electron chi connectivity index (χ3n) is 6.19. The minimum atomic E-state index is -0.670. The van der Waals surface area contributed by atoms with E-state index in [1.54, 1.807) is 29.3 Å². The molecule has 1 aromatic carbocycles. The van der Waals surface area contributed by atoms with Gasteiger partial charge in [0.05, 0.1) is 17.9 Å². The highest BCUT2D eigenvalue weighted by molar-refractivity contribution is 6.05. The number of benzene rings is 1. The first-order valence-electron chi connectivity index (χ1n) is 10.4. The molecule has 2 saturated heterocycles. The summed E-state index contributed by atoms with van der Waals surface area (Å²) in [5.41, 5.74) is 2.09. The first-order chi connectivity index (χ1) is 15.5. The Balaban J connectivity index is 1.36. The topological polar surface area (TPSA) is 118 Å². The zero-order valence-corrected chi connectivity index (χ0v) is 17.2. The molecule has 10 nitrogen and oxygen atoms in total. The molecule has 1 N–H and O–H groups in total. The predicted octanol–water partition coefficient (Wildman–Crippen LogP) is 0.266. The van der Waals surface area contributed by atoms with E-state index < -0.39 is 11.9 Å². The molecule has 32 heavy (non-hydrogen) atoms. The smallest absolute Gasteiger partial charge is 0.277 e. The van der Waals surface area contributed by atoms with Gasteiger partial charge in [-0.1, -0.05) is 11.1 Å². The minimum absolute atomic E-state index is 0.203. The fraction of sp³-hybridized carbons (Fsp3) is 0.364. The number of imide groups is 1. The van der Waals surface area contributed by atoms with Crippen LogP contribution in [0.3, 0.4) is 0 Å². The summed E-state index contributed by atoms with van der Waals surface area (Å²) in [7, 11) is 0. The molecule has 3 aliphatic heterocycles. The lowest BCUT2D eigenvalue weighted by Gasteiger charge is -2.29. The molecule has 0 bridgehead atoms. The summed E-state index contributed by atoms with van der Waals surface area (Å²) in [5, 5.41) is 10.4. The molecule has 0 aliphatic carbocycles. The number of fused-ring (bicyclic) bond motifs is 1. The average molecular weight is 432 g/mol. The van der Waals surface area contributed by atoms with E-state index in [1.807, 2.05) is 0 Å². The van der Waals surface area contributed by atoms with E-state index in [0.29, 0.717) is 24.2 Å². The molecule has 162 valence electrons. The van der Waals surface area contributed by atoms with Gasteiger partial charge in [-0.05, 0) is 43.0 Å². The summed E-state index contributed by atoms with van der Waals surface area (Å²) in [6.45, 7) is 0.851. The van der Waals surface area contributed by atoms with Gasteiger partial charge in [0.25, 0.3) is 11.8 Å². The van der Waals surface area contributed by atoms with Crippen LogP contribution in [0.15, 0.2) is 24.4 Å². The van der Waals surface area contributed by atoms with Crippen LogP contribution in [0.2, 0.25) is 0 Å². The predicted molar refractivity (Wildman–Crippen MR) is 110 cm³/mol. The number of aromatic nitrogens is 3. The number of likely N-dealkylation sites (tertiary alicyclic amines) is 1. The molecule has 0 radical (unpaired) electrons. The number of nitrogens with one attached hydrogen (secondary N) is 1. The molecule has 1 aromatic heterocycles. The summed E-state index contributed by atoms with van der Waals surface area (Å²) < 4.78 is 1.48. The van der Waals surface area contributed by atoms with Crippen molar-refractivity contribution in [2.24, 2.45) is 0 Å². The van der Waals surface area contributed by atoms with Crippen molar-refractivity contribution in [2.45, 2.75) is 44.3 Å². The summed E-state index contributed by atoms with van der Waals surface area (Å²) in [6.07, 6.45) is 9.21. The first-order valence-corrected chi connectivity index (χ1v) is 10.4. The second-order valence-corrected chi connectivity index (χ2v) is 8.11. The third kappa shape index (κ3) is 3.22. The summed E-state index contributed by atoms with van der Waals surface area (Å²) >= 11 is 0. The quantitative estimate of drug-likeness (QED) is 0.550. The number of hydrogen-bond acceptors (Lipinski definition) is 6. The van der Waals surface area contributed by atoms with Gasteiger partial charge in [-0.2, -0.15) is 0 Å². The van der Waals surface area contributed by atoms with Gasteiger partial charge in [0, 0.05) is 25.1 Å². The van der Waals surface area contributed by atoms with Gasteiger partial charge in [0.1, 0.15) is 6.04 Å². The zero-order valence-electron chi connectivity index (χ0n) is 17.2. The third-order valence-corrected chi connectivity index (χ3v) is 6.19. The number of carbonyl (C=O) groups is 4. The van der Waals surface area contributed by atoms with Crippen LogP contribution in [0.5, 0.6) is 0 Å². The second-order valence-electron chi connectivity index (χ2n) is 8.11. The Kier molecular flexibility index (Phi) is 4.74. The van der Waals surface area contributed by atoms with Gasteiger partial charge in [-0.3, -0.25) is 24.5 Å². The van der Waals surface area contributed by atoms with Crippen LogP contribution in [0, 0.1) is 12.3 Å². The Morgan fingerprint density at radius 2 is 2.06 bits per heavy atom. The lowest BCUT2D eigenvalue weighted by Crippen LogP contribution is -2.52. The maximum atomic E-state index is 12.8. The Hall–Kier alpha value is -4.00. The van der Waals surface area contributed by atoms with Crippen molar-refractivity contribution < 1.29 is 19.2 Å². The molecule has 2 aromatic rings. The molecule has 5 rings (SSSR count). The molecule has 10 heteroatoms. The summed E-state index contributed by atoms with van der Waals surface area (Å²) in [6, 6.07) is 4.29. The Bertz CT molecular complexity index is 1200. The lowest BCUT2D eigenvalue weighted by atomic mass is 10.0. The molecule has 3 aliphatic rings. The van der Waals surface area contributed by atoms with Gasteiger partial charge in [-0.15, -0.1) is 11.5 Å². The van der Waals surface area contributed by atoms with E-state index in [1.165, 1.54) is 9.58 Å². The largest absolute Gasteiger partial charge is 0.323 e. The summed E-state index contributed by atoms with van der Waals surface area (Å²) in [4.78, 5) is 52.3. The summed E-state index contributed by atoms with van der Waals surface area (Å²) in [5.74, 6) is 1.37. The van der Waals surface area contributed by atoms with E-state index in [0.717, 1.165) is 18.4 Å². The van der Waals surface area contributed by atoms with Crippen molar-refractivity contribution in [1.82, 2.24) is 30.1 Å². The monoisotopic (exact) mass is 432 g/mol. The fourth-order valence-electron chi connectivity index (χ4n) is 4.52. The number of nitrogens with zero attached hydrogens (tertiary/aromatic N) is 5. The number of terminal acetylenes is 1. The second kappa shape index (κ2) is 7.60. The number of carbonyl (C=O) groups excluding carboxylic acids is 4. The molecule has 2 fully saturated rings. The highest BCUT2D eigenvalue weighted by atomic mass is 16.2. The van der Waals surface area contributed by atoms with Crippen molar-refractivity contribution in [3.05, 3.63) is 41.2 Å². The highest BCUT2D eigenvalue weighted by Gasteiger charge is 2.39. The van der Waals surface area contributed by atoms with E-state index in [4.69, 9.17) is 6.42 Å². The molecule has 4 amide bonds. The van der Waals surface area contributed by atoms with Crippen molar-refractivity contribution in [1.29, 1.82) is 0 Å². The van der Waals surface area contributed by atoms with Crippen LogP contribution in [-0.2, 0) is 16.1 Å². The van der Waals surface area contributed by atoms with E-state index in [9.17, 15) is 19.2 Å². The van der Waals surface area contributed by atoms with Crippen molar-refractivity contribution >= 4 is 23.6 Å². The van der Waals surface area contributed by atoms with E-state index >= 15 is 0 Å². The van der Waals surface area contributed by atoms with E-state index in [-0.39, 0.29) is 42.4 Å². The maximum absolute atomic E-state index is 12.8. The maximum Gasteiger partial charge on any atom is 0.277 e. The molecular formula is C22H20N6O4. The van der Waals surface area contributed by atoms with Crippen LogP contribution in [0.25, 0.3) is 5.69 Å². The van der Waals surface area contributed by atoms with Crippen molar-refractivity contribution in [2.75, 3.05) is 6.54 Å². The van der Waals surface area contributed by atoms with Gasteiger partial charge >= 0.3 is 0 Å². The lowest BCUT2D eigenvalue weighted by molar-refractivity contribution is -0.136. The Morgan fingerprint density at radius 1 is 1.22 bits per heavy atom. The Morgan fingerprint density at radius 3 is 2.84 bits per heavy atom. The van der Waals surface area contributed by atoms with Crippen LogP contribution >= 0.6 is 0 Å². The van der Waals surface area contributed by atoms with Crippen LogP contribution in [0.1, 0.15) is 52.1 Å². The van der Waals surface area contributed by atoms with Crippen molar-refractivity contribution in [3.8, 4) is 18.0 Å². The SMILES string of the molecule is C#CC1CCCN1C(=O)c1cn(-c2ccc3c(c2)CN(C2CCC(=O)NC2=O)C3=O)nn1. The standard InChI is InChI=1S/C22H20N6O4/c1-2-14-4-3-9-26(14)22(32)17-12-28(25-24-17)15-5-6-16-13(10-15)11-27(21(16)31)18-7-8-19(29)23-20(18)30/h1,5-6,10,12,14,18H,3-4,7-9,11H2,(H,23,29,30). The van der Waals surface area contributed by atoms with Gasteiger partial charge < -0.3 is 9.80 Å². The first kappa shape index (κ1) is 19.9. The van der Waals surface area contributed by atoms with Crippen molar-refractivity contribution in [3.63, 3.8) is 0 Å². The van der Waals surface area contributed by atoms with Crippen LogP contribution in [0.4, 0.5) is 0 Å². The minimum Gasteiger partial charge on any atom is -0.323 e. The van der Waals surface area contributed by atoms with Gasteiger partial charge in [0.15, 0.2) is 5.69 Å². The Labute approximate surface area is 183 Å². The molecule has 2 unspecified atom stereocenters. The van der Waals surface area contributed by atoms with Crippen LogP contribution < -0.4 is 5.32 Å².